The van der Waals surface area contributed by atoms with Gasteiger partial charge in [0.25, 0.3) is 0 Å². The molecule has 1 aromatic rings. The maximum absolute atomic E-state index is 6.05. The summed E-state index contributed by atoms with van der Waals surface area (Å²) in [5.74, 6) is 1.03. The molecule has 0 bridgehead atoms. The van der Waals surface area contributed by atoms with Crippen LogP contribution in [0.25, 0.3) is 0 Å². The Kier molecular flexibility index (Phi) is 4.93. The minimum atomic E-state index is 0.393. The minimum Gasteiger partial charge on any atom is -0.490 e. The fourth-order valence-corrected chi connectivity index (χ4v) is 3.15. The van der Waals surface area contributed by atoms with E-state index >= 15 is 0 Å². The fraction of sp³-hybridized carbons (Fsp3) is 0.647. The molecule has 0 aromatic heterocycles. The van der Waals surface area contributed by atoms with Crippen LogP contribution in [0.4, 0.5) is 0 Å². The molecule has 0 radical (unpaired) electrons. The molecule has 0 saturated carbocycles. The van der Waals surface area contributed by atoms with Crippen LogP contribution < -0.4 is 10.1 Å². The smallest absolute Gasteiger partial charge is 0.119 e. The first-order valence-electron chi connectivity index (χ1n) is 8.09. The molecule has 20 heavy (non-hydrogen) atoms. The Morgan fingerprint density at radius 1 is 1.00 bits per heavy atom. The number of rotatable bonds is 4. The first-order valence-corrected chi connectivity index (χ1v) is 8.09. The number of ether oxygens (including phenoxy) is 1. The molecule has 0 aliphatic carbocycles. The highest BCUT2D eigenvalue weighted by atomic mass is 16.5. The number of likely N-dealkylation sites (tertiary alicyclic amines) is 1. The Balaban J connectivity index is 1.51. The zero-order chi connectivity index (χ0) is 13.6. The SMILES string of the molecule is c1cc(OC2CCNCC2)ccc1CN1CCCCC1. The van der Waals surface area contributed by atoms with Gasteiger partial charge >= 0.3 is 0 Å². The predicted molar refractivity (Wildman–Crippen MR) is 82.1 cm³/mol. The number of hydrogen-bond acceptors (Lipinski definition) is 3. The van der Waals surface area contributed by atoms with E-state index in [1.807, 2.05) is 0 Å². The van der Waals surface area contributed by atoms with Crippen molar-refractivity contribution in [3.8, 4) is 5.75 Å². The first kappa shape index (κ1) is 13.9. The Bertz CT molecular complexity index is 353. The number of benzene rings is 1. The van der Waals surface area contributed by atoms with E-state index in [1.54, 1.807) is 0 Å². The average Bonchev–Trinajstić information content (AvgIpc) is 2.51. The largest absolute Gasteiger partial charge is 0.490 e. The van der Waals surface area contributed by atoms with E-state index in [-0.39, 0.29) is 0 Å². The second-order valence-corrected chi connectivity index (χ2v) is 6.05. The van der Waals surface area contributed by atoms with E-state index in [1.165, 1.54) is 37.9 Å². The fourth-order valence-electron chi connectivity index (χ4n) is 3.15. The van der Waals surface area contributed by atoms with Crippen LogP contribution in [-0.4, -0.2) is 37.2 Å². The molecule has 1 N–H and O–H groups in total. The number of piperidine rings is 2. The third-order valence-electron chi connectivity index (χ3n) is 4.37. The predicted octanol–water partition coefficient (Wildman–Crippen LogP) is 2.80. The van der Waals surface area contributed by atoms with E-state index in [9.17, 15) is 0 Å². The summed E-state index contributed by atoms with van der Waals surface area (Å²) in [4.78, 5) is 2.56. The van der Waals surface area contributed by atoms with Crippen molar-refractivity contribution in [2.24, 2.45) is 0 Å². The van der Waals surface area contributed by atoms with Crippen molar-refractivity contribution < 1.29 is 4.74 Å². The molecule has 2 aliphatic rings. The topological polar surface area (TPSA) is 24.5 Å². The van der Waals surface area contributed by atoms with Crippen molar-refractivity contribution in [1.29, 1.82) is 0 Å². The molecule has 3 rings (SSSR count). The first-order chi connectivity index (χ1) is 9.90. The summed E-state index contributed by atoms with van der Waals surface area (Å²) in [6.07, 6.45) is 6.75. The van der Waals surface area contributed by atoms with Gasteiger partial charge in [0, 0.05) is 6.54 Å². The molecule has 3 heteroatoms. The molecule has 2 heterocycles. The number of hydrogen-bond donors (Lipinski definition) is 1. The summed E-state index contributed by atoms with van der Waals surface area (Å²) in [5.41, 5.74) is 1.41. The highest BCUT2D eigenvalue weighted by molar-refractivity contribution is 5.27. The maximum atomic E-state index is 6.05. The number of nitrogens with zero attached hydrogens (tertiary/aromatic N) is 1. The molecule has 0 atom stereocenters. The molecule has 2 saturated heterocycles. The van der Waals surface area contributed by atoms with Gasteiger partial charge in [0.2, 0.25) is 0 Å². The summed E-state index contributed by atoms with van der Waals surface area (Å²) in [6.45, 7) is 5.77. The second-order valence-electron chi connectivity index (χ2n) is 6.05. The van der Waals surface area contributed by atoms with E-state index in [0.717, 1.165) is 38.2 Å². The van der Waals surface area contributed by atoms with Crippen molar-refractivity contribution in [1.82, 2.24) is 10.2 Å². The van der Waals surface area contributed by atoms with Gasteiger partial charge in [-0.15, -0.1) is 0 Å². The summed E-state index contributed by atoms with van der Waals surface area (Å²) < 4.78 is 6.05. The van der Waals surface area contributed by atoms with E-state index < -0.39 is 0 Å². The van der Waals surface area contributed by atoms with Crippen LogP contribution >= 0.6 is 0 Å². The van der Waals surface area contributed by atoms with Crippen LogP contribution in [0.1, 0.15) is 37.7 Å². The zero-order valence-corrected chi connectivity index (χ0v) is 12.3. The van der Waals surface area contributed by atoms with Crippen LogP contribution in [0.5, 0.6) is 5.75 Å². The van der Waals surface area contributed by atoms with Crippen LogP contribution in [0.3, 0.4) is 0 Å². The minimum absolute atomic E-state index is 0.393. The lowest BCUT2D eigenvalue weighted by molar-refractivity contribution is 0.162. The standard InChI is InChI=1S/C17H26N2O/c1-2-12-19(13-3-1)14-15-4-6-16(7-5-15)20-17-8-10-18-11-9-17/h4-7,17-18H,1-3,8-14H2. The van der Waals surface area contributed by atoms with Crippen LogP contribution in [0.15, 0.2) is 24.3 Å². The Morgan fingerprint density at radius 3 is 2.40 bits per heavy atom. The Morgan fingerprint density at radius 2 is 1.70 bits per heavy atom. The van der Waals surface area contributed by atoms with Gasteiger partial charge in [-0.1, -0.05) is 18.6 Å². The molecule has 110 valence electrons. The van der Waals surface area contributed by atoms with Crippen LogP contribution in [0.2, 0.25) is 0 Å². The van der Waals surface area contributed by atoms with E-state index in [2.05, 4.69) is 34.5 Å². The van der Waals surface area contributed by atoms with Gasteiger partial charge in [-0.25, -0.2) is 0 Å². The maximum Gasteiger partial charge on any atom is 0.119 e. The molecular formula is C17H26N2O. The molecule has 3 nitrogen and oxygen atoms in total. The normalized spacial score (nSPS) is 21.8. The average molecular weight is 274 g/mol. The van der Waals surface area contributed by atoms with Crippen LogP contribution in [-0.2, 0) is 6.54 Å². The Labute approximate surface area is 122 Å². The highest BCUT2D eigenvalue weighted by Crippen LogP contribution is 2.19. The van der Waals surface area contributed by atoms with Gasteiger partial charge in [0.05, 0.1) is 0 Å². The van der Waals surface area contributed by atoms with Gasteiger partial charge in [-0.05, 0) is 69.6 Å². The highest BCUT2D eigenvalue weighted by Gasteiger charge is 2.14. The summed E-state index contributed by atoms with van der Waals surface area (Å²) >= 11 is 0. The van der Waals surface area contributed by atoms with Crippen molar-refractivity contribution in [3.63, 3.8) is 0 Å². The Hall–Kier alpha value is -1.06. The van der Waals surface area contributed by atoms with E-state index in [4.69, 9.17) is 4.74 Å². The molecule has 2 aliphatic heterocycles. The molecule has 0 spiro atoms. The van der Waals surface area contributed by atoms with Gasteiger partial charge in [0.1, 0.15) is 11.9 Å². The van der Waals surface area contributed by atoms with Gasteiger partial charge < -0.3 is 10.1 Å². The van der Waals surface area contributed by atoms with Crippen molar-refractivity contribution >= 4 is 0 Å². The molecule has 0 unspecified atom stereocenters. The monoisotopic (exact) mass is 274 g/mol. The lowest BCUT2D eigenvalue weighted by Crippen LogP contribution is -2.34. The van der Waals surface area contributed by atoms with Crippen molar-refractivity contribution in [2.75, 3.05) is 26.2 Å². The summed E-state index contributed by atoms with van der Waals surface area (Å²) in [6, 6.07) is 8.73. The molecule has 1 aromatic carbocycles. The lowest BCUT2D eigenvalue weighted by atomic mass is 10.1. The van der Waals surface area contributed by atoms with Gasteiger partial charge in [0.15, 0.2) is 0 Å². The molecule has 0 amide bonds. The number of nitrogens with one attached hydrogen (secondary N) is 1. The summed E-state index contributed by atoms with van der Waals surface area (Å²) in [7, 11) is 0. The third-order valence-corrected chi connectivity index (χ3v) is 4.37. The van der Waals surface area contributed by atoms with Crippen LogP contribution in [0, 0.1) is 0 Å². The quantitative estimate of drug-likeness (QED) is 0.913. The summed E-state index contributed by atoms with van der Waals surface area (Å²) in [5, 5.41) is 3.37. The van der Waals surface area contributed by atoms with Crippen molar-refractivity contribution in [3.05, 3.63) is 29.8 Å². The third kappa shape index (κ3) is 3.97. The molecule has 2 fully saturated rings. The zero-order valence-electron chi connectivity index (χ0n) is 12.3. The van der Waals surface area contributed by atoms with Crippen molar-refractivity contribution in [2.45, 2.75) is 44.8 Å². The second kappa shape index (κ2) is 7.09. The van der Waals surface area contributed by atoms with Gasteiger partial charge in [-0.3, -0.25) is 4.90 Å². The lowest BCUT2D eigenvalue weighted by Gasteiger charge is -2.26. The van der Waals surface area contributed by atoms with Gasteiger partial charge in [-0.2, -0.15) is 0 Å². The molecular weight excluding hydrogens is 248 g/mol. The van der Waals surface area contributed by atoms with E-state index in [0.29, 0.717) is 6.10 Å².